The average molecular weight is 287 g/mol. The van der Waals surface area contributed by atoms with Crippen LogP contribution in [0.4, 0.5) is 17.2 Å². The van der Waals surface area contributed by atoms with Crippen molar-refractivity contribution >= 4 is 23.2 Å². The number of nitrogen functional groups attached to an aromatic ring is 1. The van der Waals surface area contributed by atoms with Gasteiger partial charge in [-0.3, -0.25) is 0 Å². The zero-order chi connectivity index (χ0) is 15.2. The lowest BCUT2D eigenvalue weighted by Crippen LogP contribution is -2.09. The van der Waals surface area contributed by atoms with Crippen molar-refractivity contribution in [3.63, 3.8) is 0 Å². The molecular formula is C15H17N3O3. The Morgan fingerprint density at radius 2 is 2.14 bits per heavy atom. The summed E-state index contributed by atoms with van der Waals surface area (Å²) >= 11 is 0. The number of pyridine rings is 1. The third-order valence-corrected chi connectivity index (χ3v) is 2.80. The zero-order valence-electron chi connectivity index (χ0n) is 11.9. The molecule has 0 spiro atoms. The summed E-state index contributed by atoms with van der Waals surface area (Å²) in [6, 6.07) is 8.96. The van der Waals surface area contributed by atoms with Crippen molar-refractivity contribution in [2.24, 2.45) is 0 Å². The first-order chi connectivity index (χ1) is 10.2. The smallest absolute Gasteiger partial charge is 0.340 e. The minimum absolute atomic E-state index is 0.277. The van der Waals surface area contributed by atoms with Gasteiger partial charge in [-0.25, -0.2) is 9.78 Å². The van der Waals surface area contributed by atoms with Gasteiger partial charge in [-0.15, -0.1) is 0 Å². The van der Waals surface area contributed by atoms with Crippen molar-refractivity contribution in [3.05, 3.63) is 42.1 Å². The Hall–Kier alpha value is -2.76. The van der Waals surface area contributed by atoms with E-state index in [0.29, 0.717) is 11.6 Å². The maximum atomic E-state index is 11.8. The summed E-state index contributed by atoms with van der Waals surface area (Å²) in [7, 11) is 1.58. The number of nitrogens with two attached hydrogens (primary N) is 1. The van der Waals surface area contributed by atoms with Crippen molar-refractivity contribution < 1.29 is 14.3 Å². The number of hydrogen-bond donors (Lipinski definition) is 2. The lowest BCUT2D eigenvalue weighted by Gasteiger charge is -2.12. The second kappa shape index (κ2) is 6.60. The van der Waals surface area contributed by atoms with Gasteiger partial charge in [0.25, 0.3) is 0 Å². The number of carbonyl (C=O) groups is 1. The number of ether oxygens (including phenoxy) is 2. The van der Waals surface area contributed by atoms with Crippen molar-refractivity contribution in [1.29, 1.82) is 0 Å². The Bertz CT molecular complexity index is 644. The van der Waals surface area contributed by atoms with E-state index in [1.54, 1.807) is 20.1 Å². The second-order valence-electron chi connectivity index (χ2n) is 4.20. The third kappa shape index (κ3) is 3.42. The Balaban J connectivity index is 2.29. The van der Waals surface area contributed by atoms with Crippen LogP contribution in [0.3, 0.4) is 0 Å². The molecule has 0 atom stereocenters. The summed E-state index contributed by atoms with van der Waals surface area (Å²) in [6.07, 6.45) is 1.42. The van der Waals surface area contributed by atoms with Crippen LogP contribution in [0.15, 0.2) is 36.5 Å². The molecule has 0 amide bonds. The summed E-state index contributed by atoms with van der Waals surface area (Å²) in [5.74, 6) is 0.686. The summed E-state index contributed by atoms with van der Waals surface area (Å²) in [4.78, 5) is 16.0. The van der Waals surface area contributed by atoms with Gasteiger partial charge in [-0.05, 0) is 25.1 Å². The topological polar surface area (TPSA) is 86.5 Å². The molecule has 0 aliphatic carbocycles. The minimum atomic E-state index is -0.472. The molecule has 6 heteroatoms. The lowest BCUT2D eigenvalue weighted by atomic mass is 10.2. The molecule has 0 aliphatic heterocycles. The summed E-state index contributed by atoms with van der Waals surface area (Å²) in [5, 5.41) is 3.09. The van der Waals surface area contributed by atoms with Gasteiger partial charge in [0.2, 0.25) is 0 Å². The van der Waals surface area contributed by atoms with Gasteiger partial charge in [0.15, 0.2) is 0 Å². The first-order valence-corrected chi connectivity index (χ1v) is 6.48. The van der Waals surface area contributed by atoms with Gasteiger partial charge >= 0.3 is 5.97 Å². The van der Waals surface area contributed by atoms with E-state index in [2.05, 4.69) is 10.3 Å². The summed E-state index contributed by atoms with van der Waals surface area (Å²) in [6.45, 7) is 2.03. The number of aromatic nitrogens is 1. The Kier molecular flexibility index (Phi) is 4.61. The van der Waals surface area contributed by atoms with Crippen molar-refractivity contribution in [3.8, 4) is 5.75 Å². The number of rotatable bonds is 5. The Morgan fingerprint density at radius 3 is 2.86 bits per heavy atom. The van der Waals surface area contributed by atoms with Gasteiger partial charge < -0.3 is 20.5 Å². The van der Waals surface area contributed by atoms with Crippen LogP contribution < -0.4 is 15.8 Å². The molecule has 110 valence electrons. The van der Waals surface area contributed by atoms with E-state index < -0.39 is 5.97 Å². The van der Waals surface area contributed by atoms with E-state index in [0.717, 1.165) is 5.69 Å². The van der Waals surface area contributed by atoms with Gasteiger partial charge in [0, 0.05) is 0 Å². The zero-order valence-corrected chi connectivity index (χ0v) is 11.9. The number of carbonyl (C=O) groups excluding carboxylic acids is 1. The molecule has 0 bridgehead atoms. The molecule has 3 N–H and O–H groups in total. The van der Waals surface area contributed by atoms with E-state index in [1.165, 1.54) is 6.20 Å². The molecule has 0 unspecified atom stereocenters. The Labute approximate surface area is 122 Å². The van der Waals surface area contributed by atoms with Crippen LogP contribution >= 0.6 is 0 Å². The van der Waals surface area contributed by atoms with Crippen LogP contribution in [-0.4, -0.2) is 24.7 Å². The first-order valence-electron chi connectivity index (χ1n) is 6.48. The molecule has 0 saturated heterocycles. The fraction of sp³-hybridized carbons (Fsp3) is 0.200. The molecule has 0 saturated carbocycles. The number of benzene rings is 1. The Morgan fingerprint density at radius 1 is 1.38 bits per heavy atom. The van der Waals surface area contributed by atoms with Crippen LogP contribution in [0.2, 0.25) is 0 Å². The SMILES string of the molecule is CCOC(=O)c1cc(Nc2ccccc2OC)ncc1N. The molecule has 1 aromatic carbocycles. The molecule has 2 aromatic rings. The maximum absolute atomic E-state index is 11.8. The van der Waals surface area contributed by atoms with Crippen LogP contribution in [0.25, 0.3) is 0 Å². The highest BCUT2D eigenvalue weighted by molar-refractivity contribution is 5.95. The third-order valence-electron chi connectivity index (χ3n) is 2.80. The van der Waals surface area contributed by atoms with E-state index in [1.807, 2.05) is 24.3 Å². The molecule has 1 heterocycles. The first kappa shape index (κ1) is 14.6. The molecule has 6 nitrogen and oxygen atoms in total. The van der Waals surface area contributed by atoms with Crippen LogP contribution in [0.1, 0.15) is 17.3 Å². The number of para-hydroxylation sites is 2. The highest BCUT2D eigenvalue weighted by Crippen LogP contribution is 2.27. The fourth-order valence-electron chi connectivity index (χ4n) is 1.81. The lowest BCUT2D eigenvalue weighted by molar-refractivity contribution is 0.0527. The standard InChI is InChI=1S/C15H17N3O3/c1-3-21-15(19)10-8-14(17-9-11(10)16)18-12-6-4-5-7-13(12)20-2/h4-9H,3,16H2,1-2H3,(H,17,18). The molecule has 2 rings (SSSR count). The minimum Gasteiger partial charge on any atom is -0.495 e. The molecule has 0 radical (unpaired) electrons. The maximum Gasteiger partial charge on any atom is 0.340 e. The fourth-order valence-corrected chi connectivity index (χ4v) is 1.81. The van der Waals surface area contributed by atoms with Crippen LogP contribution in [-0.2, 0) is 4.74 Å². The van der Waals surface area contributed by atoms with Crippen molar-refractivity contribution in [2.45, 2.75) is 6.92 Å². The number of hydrogen-bond acceptors (Lipinski definition) is 6. The predicted octanol–water partition coefficient (Wildman–Crippen LogP) is 2.59. The van der Waals surface area contributed by atoms with Crippen molar-refractivity contribution in [2.75, 3.05) is 24.8 Å². The van der Waals surface area contributed by atoms with Gasteiger partial charge in [0.1, 0.15) is 11.6 Å². The van der Waals surface area contributed by atoms with Crippen molar-refractivity contribution in [1.82, 2.24) is 4.98 Å². The number of nitrogens with one attached hydrogen (secondary N) is 1. The molecule has 1 aromatic heterocycles. The normalized spacial score (nSPS) is 10.0. The monoisotopic (exact) mass is 287 g/mol. The highest BCUT2D eigenvalue weighted by Gasteiger charge is 2.13. The van der Waals surface area contributed by atoms with Gasteiger partial charge in [-0.1, -0.05) is 12.1 Å². The predicted molar refractivity (Wildman–Crippen MR) is 80.9 cm³/mol. The van der Waals surface area contributed by atoms with E-state index in [9.17, 15) is 4.79 Å². The van der Waals surface area contributed by atoms with Crippen LogP contribution in [0, 0.1) is 0 Å². The summed E-state index contributed by atoms with van der Waals surface area (Å²) in [5.41, 5.74) is 7.06. The number of esters is 1. The van der Waals surface area contributed by atoms with E-state index in [4.69, 9.17) is 15.2 Å². The summed E-state index contributed by atoms with van der Waals surface area (Å²) < 4.78 is 10.2. The van der Waals surface area contributed by atoms with E-state index in [-0.39, 0.29) is 17.9 Å². The average Bonchev–Trinajstić information content (AvgIpc) is 2.50. The molecule has 0 aliphatic rings. The largest absolute Gasteiger partial charge is 0.495 e. The highest BCUT2D eigenvalue weighted by atomic mass is 16.5. The number of nitrogens with zero attached hydrogens (tertiary/aromatic N) is 1. The molecule has 0 fully saturated rings. The molecule has 21 heavy (non-hydrogen) atoms. The van der Waals surface area contributed by atoms with Gasteiger partial charge in [0.05, 0.1) is 36.9 Å². The van der Waals surface area contributed by atoms with E-state index >= 15 is 0 Å². The number of anilines is 3. The quantitative estimate of drug-likeness (QED) is 0.822. The number of methoxy groups -OCH3 is 1. The molecular weight excluding hydrogens is 270 g/mol. The van der Waals surface area contributed by atoms with Gasteiger partial charge in [-0.2, -0.15) is 0 Å². The van der Waals surface area contributed by atoms with Crippen LogP contribution in [0.5, 0.6) is 5.75 Å². The second-order valence-corrected chi connectivity index (χ2v) is 4.20.